The molecule has 0 saturated heterocycles. The number of benzene rings is 7. The highest BCUT2D eigenvalue weighted by molar-refractivity contribution is 5.99. The normalized spacial score (nSPS) is 14.0. The Morgan fingerprint density at radius 1 is 0.542 bits per heavy atom. The van der Waals surface area contributed by atoms with E-state index in [1.165, 1.54) is 65.7 Å². The number of rotatable bonds is 6. The van der Waals surface area contributed by atoms with Crippen LogP contribution in [0, 0.1) is 0 Å². The van der Waals surface area contributed by atoms with Crippen molar-refractivity contribution in [2.24, 2.45) is 5.73 Å². The van der Waals surface area contributed by atoms with Crippen LogP contribution in [0.3, 0.4) is 0 Å². The molecule has 7 aromatic carbocycles. The van der Waals surface area contributed by atoms with Gasteiger partial charge in [0.05, 0.1) is 0 Å². The van der Waals surface area contributed by atoms with E-state index in [9.17, 15) is 0 Å². The van der Waals surface area contributed by atoms with Crippen LogP contribution in [-0.4, -0.2) is 0 Å². The molecule has 1 aliphatic rings. The predicted octanol–water partition coefficient (Wildman–Crippen LogP) is 12.6. The van der Waals surface area contributed by atoms with E-state index >= 15 is 0 Å². The number of hydrogen-bond acceptors (Lipinski definition) is 1. The topological polar surface area (TPSA) is 26.0 Å². The molecule has 1 aliphatic carbocycles. The molecule has 2 N–H and O–H groups in total. The Hall–Kier alpha value is -5.66. The maximum atomic E-state index is 7.04. The summed E-state index contributed by atoms with van der Waals surface area (Å²) in [5, 5.41) is 7.53. The molecular formula is C47H41N. The van der Waals surface area contributed by atoms with E-state index in [0.29, 0.717) is 0 Å². The molecule has 0 fully saturated rings. The van der Waals surface area contributed by atoms with Crippen LogP contribution in [0.5, 0.6) is 0 Å². The summed E-state index contributed by atoms with van der Waals surface area (Å²) < 4.78 is 0. The summed E-state index contributed by atoms with van der Waals surface area (Å²) in [6.07, 6.45) is 6.68. The zero-order valence-electron chi connectivity index (χ0n) is 27.7. The molecule has 0 aliphatic heterocycles. The zero-order valence-corrected chi connectivity index (χ0v) is 27.7. The SMILES string of the molecule is CC.N/C(=C\C(C1=C(c2cccc3ccccc23)CCC(c2cccc3ccccc23)=C1)c1ccccc1)c1ccc2ccccc2c1. The quantitative estimate of drug-likeness (QED) is 0.197. The van der Waals surface area contributed by atoms with E-state index in [-0.39, 0.29) is 5.92 Å². The number of nitrogens with two attached hydrogens (primary N) is 1. The lowest BCUT2D eigenvalue weighted by atomic mass is 9.76. The number of fused-ring (bicyclic) bond motifs is 3. The van der Waals surface area contributed by atoms with Gasteiger partial charge in [-0.25, -0.2) is 0 Å². The Morgan fingerprint density at radius 3 is 1.81 bits per heavy atom. The smallest absolute Gasteiger partial charge is 0.0356 e. The van der Waals surface area contributed by atoms with Crippen LogP contribution in [0.25, 0.3) is 49.2 Å². The average Bonchev–Trinajstić information content (AvgIpc) is 3.17. The van der Waals surface area contributed by atoms with Crippen molar-refractivity contribution in [1.82, 2.24) is 0 Å². The van der Waals surface area contributed by atoms with Gasteiger partial charge >= 0.3 is 0 Å². The largest absolute Gasteiger partial charge is 0.398 e. The van der Waals surface area contributed by atoms with Gasteiger partial charge in [-0.3, -0.25) is 0 Å². The second-order valence-corrected chi connectivity index (χ2v) is 12.2. The van der Waals surface area contributed by atoms with Crippen LogP contribution < -0.4 is 5.73 Å². The lowest BCUT2D eigenvalue weighted by Crippen LogP contribution is -2.09. The zero-order chi connectivity index (χ0) is 32.9. The summed E-state index contributed by atoms with van der Waals surface area (Å²) in [7, 11) is 0. The Bertz CT molecular complexity index is 2310. The molecule has 0 bridgehead atoms. The molecule has 48 heavy (non-hydrogen) atoms. The molecule has 0 heterocycles. The van der Waals surface area contributed by atoms with E-state index in [0.717, 1.165) is 24.1 Å². The standard InChI is InChI=1S/C45H35N.C2H6/c46-45(37-25-24-31-12-4-5-17-35(31)28-37)30-43(34-13-2-1-3-14-34)44-29-36(40-22-10-18-32-15-6-8-20-38(32)40)26-27-42(44)41-23-11-19-33-16-7-9-21-39(33)41;1-2/h1-25,28-30,43H,26-27,46H2;1-2H3/b45-30-;. The molecule has 1 heteroatoms. The van der Waals surface area contributed by atoms with Gasteiger partial charge in [-0.05, 0) is 96.3 Å². The van der Waals surface area contributed by atoms with Crippen LogP contribution in [0.2, 0.25) is 0 Å². The molecule has 0 spiro atoms. The van der Waals surface area contributed by atoms with E-state index in [1.807, 2.05) is 13.8 Å². The molecule has 0 saturated carbocycles. The lowest BCUT2D eigenvalue weighted by molar-refractivity contribution is 0.972. The van der Waals surface area contributed by atoms with Crippen molar-refractivity contribution in [3.63, 3.8) is 0 Å². The van der Waals surface area contributed by atoms with E-state index in [4.69, 9.17) is 5.73 Å². The minimum atomic E-state index is -0.0353. The van der Waals surface area contributed by atoms with Crippen LogP contribution in [0.1, 0.15) is 54.9 Å². The summed E-state index contributed by atoms with van der Waals surface area (Å²) in [5.41, 5.74) is 16.8. The number of allylic oxidation sites excluding steroid dienone is 5. The molecular weight excluding hydrogens is 579 g/mol. The summed E-state index contributed by atoms with van der Waals surface area (Å²) in [5.74, 6) is -0.0353. The second-order valence-electron chi connectivity index (χ2n) is 12.2. The minimum absolute atomic E-state index is 0.0353. The summed E-state index contributed by atoms with van der Waals surface area (Å²) in [6.45, 7) is 4.00. The van der Waals surface area contributed by atoms with Gasteiger partial charge in [0.15, 0.2) is 0 Å². The van der Waals surface area contributed by atoms with E-state index in [2.05, 4.69) is 170 Å². The molecule has 1 atom stereocenters. The molecule has 7 aromatic rings. The highest BCUT2D eigenvalue weighted by Gasteiger charge is 2.25. The van der Waals surface area contributed by atoms with Crippen LogP contribution in [-0.2, 0) is 0 Å². The maximum absolute atomic E-state index is 7.04. The van der Waals surface area contributed by atoms with Crippen LogP contribution in [0.15, 0.2) is 175 Å². The van der Waals surface area contributed by atoms with Crippen molar-refractivity contribution in [1.29, 1.82) is 0 Å². The van der Waals surface area contributed by atoms with Gasteiger partial charge in [0, 0.05) is 11.6 Å². The summed E-state index contributed by atoms with van der Waals surface area (Å²) in [4.78, 5) is 0. The Kier molecular flexibility index (Phi) is 9.03. The first kappa shape index (κ1) is 31.0. The van der Waals surface area contributed by atoms with Crippen LogP contribution in [0.4, 0.5) is 0 Å². The number of hydrogen-bond donors (Lipinski definition) is 1. The monoisotopic (exact) mass is 619 g/mol. The maximum Gasteiger partial charge on any atom is 0.0356 e. The third kappa shape index (κ3) is 6.08. The third-order valence-electron chi connectivity index (χ3n) is 9.50. The molecule has 234 valence electrons. The third-order valence-corrected chi connectivity index (χ3v) is 9.50. The van der Waals surface area contributed by atoms with Crippen molar-refractivity contribution in [3.8, 4) is 0 Å². The first-order valence-corrected chi connectivity index (χ1v) is 17.1. The Labute approximate surface area is 284 Å². The fraction of sp³-hybridized carbons (Fsp3) is 0.106. The lowest BCUT2D eigenvalue weighted by Gasteiger charge is -2.28. The molecule has 1 unspecified atom stereocenters. The minimum Gasteiger partial charge on any atom is -0.398 e. The Morgan fingerprint density at radius 2 is 1.10 bits per heavy atom. The molecule has 0 aromatic heterocycles. The van der Waals surface area contributed by atoms with Crippen molar-refractivity contribution in [3.05, 3.63) is 198 Å². The summed E-state index contributed by atoms with van der Waals surface area (Å²) in [6, 6.07) is 56.7. The first-order valence-electron chi connectivity index (χ1n) is 17.1. The van der Waals surface area contributed by atoms with Gasteiger partial charge < -0.3 is 5.73 Å². The van der Waals surface area contributed by atoms with Gasteiger partial charge in [-0.2, -0.15) is 0 Å². The second kappa shape index (κ2) is 14.0. The Balaban J connectivity index is 0.00000179. The van der Waals surface area contributed by atoms with Gasteiger partial charge in [0.1, 0.15) is 0 Å². The van der Waals surface area contributed by atoms with Crippen molar-refractivity contribution >= 4 is 49.2 Å². The van der Waals surface area contributed by atoms with Crippen molar-refractivity contribution in [2.75, 3.05) is 0 Å². The van der Waals surface area contributed by atoms with Gasteiger partial charge in [-0.1, -0.05) is 172 Å². The summed E-state index contributed by atoms with van der Waals surface area (Å²) >= 11 is 0. The molecule has 1 nitrogen and oxygen atoms in total. The van der Waals surface area contributed by atoms with Gasteiger partial charge in [0.25, 0.3) is 0 Å². The fourth-order valence-electron chi connectivity index (χ4n) is 7.20. The highest BCUT2D eigenvalue weighted by atomic mass is 14.6. The van der Waals surface area contributed by atoms with Crippen LogP contribution >= 0.6 is 0 Å². The van der Waals surface area contributed by atoms with E-state index < -0.39 is 0 Å². The molecule has 0 radical (unpaired) electrons. The van der Waals surface area contributed by atoms with Crippen molar-refractivity contribution in [2.45, 2.75) is 32.6 Å². The van der Waals surface area contributed by atoms with Gasteiger partial charge in [0.2, 0.25) is 0 Å². The van der Waals surface area contributed by atoms with Crippen molar-refractivity contribution < 1.29 is 0 Å². The predicted molar refractivity (Wildman–Crippen MR) is 209 cm³/mol. The first-order chi connectivity index (χ1) is 23.7. The average molecular weight is 620 g/mol. The fourth-order valence-corrected chi connectivity index (χ4v) is 7.20. The molecule has 8 rings (SSSR count). The molecule has 0 amide bonds. The van der Waals surface area contributed by atoms with E-state index in [1.54, 1.807) is 0 Å². The highest BCUT2D eigenvalue weighted by Crippen LogP contribution is 2.45. The van der Waals surface area contributed by atoms with Gasteiger partial charge in [-0.15, -0.1) is 0 Å².